The molecular weight excluding hydrogens is 218 g/mol. The molecule has 0 radical (unpaired) electrons. The molecule has 1 aromatic heterocycles. The Morgan fingerprint density at radius 1 is 1.53 bits per heavy atom. The van der Waals surface area contributed by atoms with Crippen LogP contribution in [0.2, 0.25) is 0 Å². The second-order valence-corrected chi connectivity index (χ2v) is 4.58. The van der Waals surface area contributed by atoms with Gasteiger partial charge in [-0.05, 0) is 32.1 Å². The van der Waals surface area contributed by atoms with Gasteiger partial charge in [-0.25, -0.2) is 10.8 Å². The van der Waals surface area contributed by atoms with Crippen LogP contribution in [0, 0.1) is 12.8 Å². The highest BCUT2D eigenvalue weighted by Gasteiger charge is 2.22. The first-order chi connectivity index (χ1) is 8.19. The summed E-state index contributed by atoms with van der Waals surface area (Å²) in [7, 11) is 0. The quantitative estimate of drug-likeness (QED) is 0.453. The summed E-state index contributed by atoms with van der Waals surface area (Å²) < 4.78 is 0. The highest BCUT2D eigenvalue weighted by atomic mass is 16.3. The second-order valence-electron chi connectivity index (χ2n) is 4.58. The van der Waals surface area contributed by atoms with Gasteiger partial charge >= 0.3 is 0 Å². The minimum absolute atomic E-state index is 0.130. The monoisotopic (exact) mass is 237 g/mol. The van der Waals surface area contributed by atoms with Crippen molar-refractivity contribution in [2.45, 2.75) is 32.3 Å². The normalized spacial score (nSPS) is 23.7. The van der Waals surface area contributed by atoms with E-state index in [2.05, 4.69) is 20.7 Å². The Bertz CT molecular complexity index is 384. The van der Waals surface area contributed by atoms with E-state index in [4.69, 9.17) is 5.84 Å². The van der Waals surface area contributed by atoms with Crippen LogP contribution in [0.25, 0.3) is 0 Å². The number of nitrogens with one attached hydrogen (secondary N) is 2. The first-order valence-electron chi connectivity index (χ1n) is 5.91. The predicted molar refractivity (Wildman–Crippen MR) is 66.4 cm³/mol. The lowest BCUT2D eigenvalue weighted by Gasteiger charge is -2.13. The minimum atomic E-state index is -0.130. The Balaban J connectivity index is 1.94. The number of hydrogen-bond donors (Lipinski definition) is 4. The molecule has 17 heavy (non-hydrogen) atoms. The van der Waals surface area contributed by atoms with E-state index in [0.29, 0.717) is 11.9 Å². The lowest BCUT2D eigenvalue weighted by molar-refractivity contribution is 0.178. The van der Waals surface area contributed by atoms with E-state index < -0.39 is 0 Å². The summed E-state index contributed by atoms with van der Waals surface area (Å²) >= 11 is 0. The summed E-state index contributed by atoms with van der Waals surface area (Å²) in [5.74, 6) is 7.00. The van der Waals surface area contributed by atoms with Crippen molar-refractivity contribution in [2.24, 2.45) is 11.8 Å². The molecule has 0 spiro atoms. The largest absolute Gasteiger partial charge is 0.393 e. The van der Waals surface area contributed by atoms with Gasteiger partial charge < -0.3 is 10.4 Å². The molecule has 2 atom stereocenters. The van der Waals surface area contributed by atoms with Gasteiger partial charge in [-0.2, -0.15) is 4.98 Å². The molecule has 0 aliphatic heterocycles. The van der Waals surface area contributed by atoms with Crippen molar-refractivity contribution >= 4 is 11.8 Å². The summed E-state index contributed by atoms with van der Waals surface area (Å²) in [4.78, 5) is 8.27. The van der Waals surface area contributed by atoms with Gasteiger partial charge in [0.15, 0.2) is 0 Å². The van der Waals surface area contributed by atoms with E-state index in [9.17, 15) is 5.11 Å². The molecule has 0 amide bonds. The maximum absolute atomic E-state index is 9.45. The van der Waals surface area contributed by atoms with E-state index in [0.717, 1.165) is 37.2 Å². The maximum Gasteiger partial charge on any atom is 0.239 e. The molecule has 1 heterocycles. The topological polar surface area (TPSA) is 96.1 Å². The van der Waals surface area contributed by atoms with Crippen LogP contribution in [0.1, 0.15) is 24.8 Å². The predicted octanol–water partition coefficient (Wildman–Crippen LogP) is 0.644. The molecule has 6 heteroatoms. The van der Waals surface area contributed by atoms with Gasteiger partial charge in [-0.15, -0.1) is 0 Å². The number of anilines is 2. The standard InChI is InChI=1S/C11H19N5O/c1-7-5-14-11(16-12)15-10(7)13-6-8-2-3-9(17)4-8/h5,8-9,17H,2-4,6,12H2,1H3,(H2,13,14,15,16). The van der Waals surface area contributed by atoms with Crippen LogP contribution in [-0.2, 0) is 0 Å². The molecule has 0 saturated heterocycles. The Morgan fingerprint density at radius 3 is 3.00 bits per heavy atom. The molecule has 1 saturated carbocycles. The third kappa shape index (κ3) is 3.04. The molecule has 6 nitrogen and oxygen atoms in total. The Labute approximate surface area is 101 Å². The maximum atomic E-state index is 9.45. The van der Waals surface area contributed by atoms with Crippen LogP contribution in [0.3, 0.4) is 0 Å². The number of hydrazine groups is 1. The number of nitrogen functional groups attached to an aromatic ring is 1. The molecule has 5 N–H and O–H groups in total. The van der Waals surface area contributed by atoms with Crippen molar-refractivity contribution in [3.63, 3.8) is 0 Å². The number of aromatic nitrogens is 2. The number of aryl methyl sites for hydroxylation is 1. The molecule has 0 aromatic carbocycles. The molecule has 2 unspecified atom stereocenters. The van der Waals surface area contributed by atoms with E-state index in [1.807, 2.05) is 6.92 Å². The van der Waals surface area contributed by atoms with Crippen molar-refractivity contribution in [2.75, 3.05) is 17.3 Å². The molecule has 1 aliphatic carbocycles. The zero-order valence-electron chi connectivity index (χ0n) is 9.98. The molecule has 0 bridgehead atoms. The Morgan fingerprint density at radius 2 is 2.35 bits per heavy atom. The zero-order valence-corrected chi connectivity index (χ0v) is 9.98. The molecule has 1 fully saturated rings. The van der Waals surface area contributed by atoms with E-state index >= 15 is 0 Å². The minimum Gasteiger partial charge on any atom is -0.393 e. The van der Waals surface area contributed by atoms with Crippen molar-refractivity contribution in [1.82, 2.24) is 9.97 Å². The Hall–Kier alpha value is -1.40. The number of nitrogens with zero attached hydrogens (tertiary/aromatic N) is 2. The van der Waals surface area contributed by atoms with E-state index in [1.54, 1.807) is 6.20 Å². The molecule has 1 aliphatic rings. The van der Waals surface area contributed by atoms with Crippen LogP contribution in [0.5, 0.6) is 0 Å². The average molecular weight is 237 g/mol. The first-order valence-corrected chi connectivity index (χ1v) is 5.91. The zero-order chi connectivity index (χ0) is 12.3. The highest BCUT2D eigenvalue weighted by molar-refractivity contribution is 5.46. The fourth-order valence-corrected chi connectivity index (χ4v) is 2.17. The summed E-state index contributed by atoms with van der Waals surface area (Å²) in [5, 5.41) is 12.7. The number of hydrogen-bond acceptors (Lipinski definition) is 6. The highest BCUT2D eigenvalue weighted by Crippen LogP contribution is 2.25. The molecule has 1 aromatic rings. The summed E-state index contributed by atoms with van der Waals surface area (Å²) in [6.07, 6.45) is 4.45. The van der Waals surface area contributed by atoms with Gasteiger partial charge in [-0.1, -0.05) is 0 Å². The third-order valence-corrected chi connectivity index (χ3v) is 3.17. The average Bonchev–Trinajstić information content (AvgIpc) is 2.74. The molecule has 2 rings (SSSR count). The van der Waals surface area contributed by atoms with Crippen molar-refractivity contribution in [3.05, 3.63) is 11.8 Å². The summed E-state index contributed by atoms with van der Waals surface area (Å²) in [5.41, 5.74) is 3.42. The molecular formula is C11H19N5O. The van der Waals surface area contributed by atoms with Crippen molar-refractivity contribution in [1.29, 1.82) is 0 Å². The number of aliphatic hydroxyl groups excluding tert-OH is 1. The number of nitrogens with two attached hydrogens (primary N) is 1. The smallest absolute Gasteiger partial charge is 0.239 e. The second kappa shape index (κ2) is 5.29. The van der Waals surface area contributed by atoms with Crippen LogP contribution >= 0.6 is 0 Å². The first kappa shape index (κ1) is 12.1. The van der Waals surface area contributed by atoms with Crippen LogP contribution in [0.15, 0.2) is 6.20 Å². The van der Waals surface area contributed by atoms with Gasteiger partial charge in [0.05, 0.1) is 6.10 Å². The van der Waals surface area contributed by atoms with Crippen molar-refractivity contribution < 1.29 is 5.11 Å². The Kier molecular flexibility index (Phi) is 3.75. The lowest BCUT2D eigenvalue weighted by Crippen LogP contribution is -2.16. The van der Waals surface area contributed by atoms with Gasteiger partial charge in [-0.3, -0.25) is 5.43 Å². The molecule has 94 valence electrons. The van der Waals surface area contributed by atoms with Gasteiger partial charge in [0.1, 0.15) is 5.82 Å². The third-order valence-electron chi connectivity index (χ3n) is 3.17. The number of aliphatic hydroxyl groups is 1. The van der Waals surface area contributed by atoms with Gasteiger partial charge in [0.2, 0.25) is 5.95 Å². The van der Waals surface area contributed by atoms with E-state index in [1.165, 1.54) is 0 Å². The summed E-state index contributed by atoms with van der Waals surface area (Å²) in [6, 6.07) is 0. The SMILES string of the molecule is Cc1cnc(NN)nc1NCC1CCC(O)C1. The lowest BCUT2D eigenvalue weighted by atomic mass is 10.1. The fraction of sp³-hybridized carbons (Fsp3) is 0.636. The van der Waals surface area contributed by atoms with E-state index in [-0.39, 0.29) is 6.10 Å². The van der Waals surface area contributed by atoms with Crippen molar-refractivity contribution in [3.8, 4) is 0 Å². The summed E-state index contributed by atoms with van der Waals surface area (Å²) in [6.45, 7) is 2.78. The van der Waals surface area contributed by atoms with Gasteiger partial charge in [0.25, 0.3) is 0 Å². The van der Waals surface area contributed by atoms with Crippen LogP contribution in [0.4, 0.5) is 11.8 Å². The number of rotatable bonds is 4. The van der Waals surface area contributed by atoms with Crippen LogP contribution in [-0.4, -0.2) is 27.7 Å². The van der Waals surface area contributed by atoms with Gasteiger partial charge in [0, 0.05) is 18.3 Å². The van der Waals surface area contributed by atoms with Crippen LogP contribution < -0.4 is 16.6 Å². The fourth-order valence-electron chi connectivity index (χ4n) is 2.17.